The number of nitrogens with one attached hydrogen (secondary N) is 1. The van der Waals surface area contributed by atoms with Crippen LogP contribution in [-0.2, 0) is 33.0 Å². The number of aryl methyl sites for hydroxylation is 2. The predicted molar refractivity (Wildman–Crippen MR) is 193 cm³/mol. The zero-order chi connectivity index (χ0) is 34.8. The first-order valence-electron chi connectivity index (χ1n) is 17.2. The van der Waals surface area contributed by atoms with Crippen molar-refractivity contribution in [1.29, 1.82) is 0 Å². The van der Waals surface area contributed by atoms with E-state index in [1.807, 2.05) is 25.1 Å². The van der Waals surface area contributed by atoms with Crippen LogP contribution in [0.3, 0.4) is 0 Å². The minimum absolute atomic E-state index is 0.00641. The smallest absolute Gasteiger partial charge is 0.286 e. The SMILES string of the molecule is CCn1cc(C(=O)NS2(=O)=NC(=O)c3ccc4c(c3)N(C[C@H](C)[C@@H](C)[C@@H](OC)/C=C\CCC2)C[C@@]2(CCCc3cc(Cl)ccc32)CO4)cn1. The van der Waals surface area contributed by atoms with E-state index >= 15 is 0 Å². The van der Waals surface area contributed by atoms with Crippen molar-refractivity contribution in [2.75, 3.05) is 37.5 Å². The predicted octanol–water partition coefficient (Wildman–Crippen LogP) is 6.62. The van der Waals surface area contributed by atoms with Crippen LogP contribution in [0.2, 0.25) is 5.02 Å². The van der Waals surface area contributed by atoms with Crippen LogP contribution in [0.15, 0.2) is 65.3 Å². The number of rotatable bonds is 4. The van der Waals surface area contributed by atoms with Gasteiger partial charge in [-0.1, -0.05) is 43.7 Å². The number of methoxy groups -OCH3 is 1. The molecular weight excluding hydrogens is 662 g/mol. The second-order valence-electron chi connectivity index (χ2n) is 13.7. The minimum atomic E-state index is -3.48. The van der Waals surface area contributed by atoms with Crippen molar-refractivity contribution >= 4 is 39.0 Å². The van der Waals surface area contributed by atoms with Crippen LogP contribution in [0, 0.1) is 11.8 Å². The number of ether oxygens (including phenoxy) is 2. The molecule has 6 rings (SSSR count). The molecule has 2 aliphatic heterocycles. The highest BCUT2D eigenvalue weighted by Gasteiger charge is 2.42. The number of benzene rings is 2. The third-order valence-corrected chi connectivity index (χ3v) is 12.3. The van der Waals surface area contributed by atoms with Crippen molar-refractivity contribution in [3.05, 3.63) is 88.2 Å². The van der Waals surface area contributed by atoms with Gasteiger partial charge in [0.25, 0.3) is 11.8 Å². The Hall–Kier alpha value is -3.67. The zero-order valence-corrected chi connectivity index (χ0v) is 30.3. The van der Waals surface area contributed by atoms with Crippen LogP contribution in [0.1, 0.15) is 78.3 Å². The van der Waals surface area contributed by atoms with E-state index in [1.54, 1.807) is 30.1 Å². The lowest BCUT2D eigenvalue weighted by Crippen LogP contribution is -2.47. The monoisotopic (exact) mass is 707 g/mol. The fraction of sp³-hybridized carbons (Fsp3) is 0.486. The summed E-state index contributed by atoms with van der Waals surface area (Å²) in [5, 5.41) is 4.89. The number of carbonyl (C=O) groups is 2. The molecule has 2 bridgehead atoms. The molecule has 3 aliphatic rings. The van der Waals surface area contributed by atoms with E-state index in [9.17, 15) is 13.8 Å². The molecule has 1 unspecified atom stereocenters. The number of aromatic nitrogens is 2. The van der Waals surface area contributed by atoms with Crippen molar-refractivity contribution in [2.45, 2.75) is 70.9 Å². The van der Waals surface area contributed by atoms with Gasteiger partial charge in [0, 0.05) is 48.9 Å². The van der Waals surface area contributed by atoms with Crippen LogP contribution < -0.4 is 14.4 Å². The molecule has 2 amide bonds. The Kier molecular flexibility index (Phi) is 10.5. The third kappa shape index (κ3) is 7.59. The summed E-state index contributed by atoms with van der Waals surface area (Å²) in [6.45, 7) is 8.81. The van der Waals surface area contributed by atoms with Gasteiger partial charge in [0.1, 0.15) is 15.7 Å². The van der Waals surface area contributed by atoms with Crippen LogP contribution in [-0.4, -0.2) is 64.5 Å². The molecule has 3 aromatic rings. The topological polar surface area (TPSA) is 115 Å². The fourth-order valence-electron chi connectivity index (χ4n) is 7.34. The van der Waals surface area contributed by atoms with Crippen LogP contribution in [0.4, 0.5) is 5.69 Å². The molecule has 2 aromatic carbocycles. The number of carbonyl (C=O) groups excluding carboxylic acids is 2. The quantitative estimate of drug-likeness (QED) is 0.303. The van der Waals surface area contributed by atoms with Crippen LogP contribution >= 0.6 is 11.6 Å². The Labute approximate surface area is 294 Å². The van der Waals surface area contributed by atoms with Gasteiger partial charge >= 0.3 is 0 Å². The lowest BCUT2D eigenvalue weighted by atomic mass is 9.70. The third-order valence-electron chi connectivity index (χ3n) is 10.3. The van der Waals surface area contributed by atoms with E-state index in [0.717, 1.165) is 30.0 Å². The van der Waals surface area contributed by atoms with Gasteiger partial charge in [-0.05, 0) is 92.3 Å². The number of nitrogens with zero attached hydrogens (tertiary/aromatic N) is 4. The van der Waals surface area contributed by atoms with Gasteiger partial charge in [-0.25, -0.2) is 4.21 Å². The van der Waals surface area contributed by atoms with Gasteiger partial charge in [0.15, 0.2) is 0 Å². The Morgan fingerprint density at radius 2 is 2.04 bits per heavy atom. The van der Waals surface area contributed by atoms with Crippen LogP contribution in [0.25, 0.3) is 0 Å². The first-order valence-corrected chi connectivity index (χ1v) is 19.2. The lowest BCUT2D eigenvalue weighted by molar-refractivity contribution is 0.0744. The Bertz CT molecular complexity index is 1870. The maximum absolute atomic E-state index is 14.3. The number of allylic oxidation sites excluding steroid dienone is 1. The summed E-state index contributed by atoms with van der Waals surface area (Å²) in [6.07, 6.45) is 10.9. The van der Waals surface area contributed by atoms with Gasteiger partial charge in [0.2, 0.25) is 0 Å². The molecule has 1 spiro atoms. The molecule has 1 aromatic heterocycles. The van der Waals surface area contributed by atoms with Gasteiger partial charge < -0.3 is 14.4 Å². The first kappa shape index (κ1) is 35.2. The summed E-state index contributed by atoms with van der Waals surface area (Å²) < 4.78 is 35.2. The summed E-state index contributed by atoms with van der Waals surface area (Å²) in [6, 6.07) is 11.5. The van der Waals surface area contributed by atoms with Crippen molar-refractivity contribution in [3.63, 3.8) is 0 Å². The molecule has 1 aliphatic carbocycles. The standard InChI is InChI=1S/C37H46ClN5O5S/c1-5-43-22-29(20-39-43)36(45)41-49(46)17-8-6-7-11-33(47-4)26(3)25(2)21-42-23-37(16-9-10-27-18-30(38)13-14-31(27)37)24-48-34-15-12-28(19-32(34)42)35(44)40-49/h7,11-15,18-20,22,25-26,33H,5-6,8-10,16-17,21,23-24H2,1-4H3,(H,40,41,44,45,46)/b11-7-/t25-,26+,33-,37-,49?/m0/s1. The number of hydrogen-bond donors (Lipinski definition) is 1. The molecule has 10 nitrogen and oxygen atoms in total. The summed E-state index contributed by atoms with van der Waals surface area (Å²) in [4.78, 5) is 29.4. The number of fused-ring (bicyclic) bond motifs is 3. The van der Waals surface area contributed by atoms with Crippen molar-refractivity contribution in [2.24, 2.45) is 16.2 Å². The van der Waals surface area contributed by atoms with Crippen molar-refractivity contribution in [1.82, 2.24) is 14.5 Å². The maximum atomic E-state index is 14.3. The highest BCUT2D eigenvalue weighted by atomic mass is 35.5. The van der Waals surface area contributed by atoms with Gasteiger partial charge in [-0.3, -0.25) is 19.0 Å². The molecule has 49 heavy (non-hydrogen) atoms. The molecule has 0 fully saturated rings. The minimum Gasteiger partial charge on any atom is -0.490 e. The second kappa shape index (κ2) is 14.7. The number of halogens is 1. The maximum Gasteiger partial charge on any atom is 0.286 e. The first-order chi connectivity index (χ1) is 23.5. The molecular formula is C37H46ClN5O5S. The summed E-state index contributed by atoms with van der Waals surface area (Å²) in [5.74, 6) is -0.171. The van der Waals surface area contributed by atoms with E-state index in [4.69, 9.17) is 21.1 Å². The van der Waals surface area contributed by atoms with E-state index in [0.29, 0.717) is 44.8 Å². The number of anilines is 1. The van der Waals surface area contributed by atoms with E-state index in [-0.39, 0.29) is 40.2 Å². The molecule has 1 N–H and O–H groups in total. The van der Waals surface area contributed by atoms with Crippen molar-refractivity contribution in [3.8, 4) is 5.75 Å². The highest BCUT2D eigenvalue weighted by molar-refractivity contribution is 7.92. The van der Waals surface area contributed by atoms with Gasteiger partial charge in [0.05, 0.1) is 35.9 Å². The molecule has 12 heteroatoms. The summed E-state index contributed by atoms with van der Waals surface area (Å²) in [5.41, 5.74) is 3.55. The highest BCUT2D eigenvalue weighted by Crippen LogP contribution is 2.45. The van der Waals surface area contributed by atoms with E-state index < -0.39 is 21.7 Å². The van der Waals surface area contributed by atoms with E-state index in [1.165, 1.54) is 17.3 Å². The molecule has 5 atom stereocenters. The normalized spacial score (nSPS) is 28.1. The van der Waals surface area contributed by atoms with Crippen LogP contribution in [0.5, 0.6) is 5.75 Å². The summed E-state index contributed by atoms with van der Waals surface area (Å²) >= 11 is 6.44. The number of hydrogen-bond acceptors (Lipinski definition) is 7. The van der Waals surface area contributed by atoms with E-state index in [2.05, 4.69) is 51.1 Å². The molecule has 0 saturated heterocycles. The average molecular weight is 708 g/mol. The summed E-state index contributed by atoms with van der Waals surface area (Å²) in [7, 11) is -1.76. The average Bonchev–Trinajstić information content (AvgIpc) is 3.52. The molecule has 0 saturated carbocycles. The van der Waals surface area contributed by atoms with Crippen molar-refractivity contribution < 1.29 is 23.3 Å². The largest absolute Gasteiger partial charge is 0.490 e. The number of amides is 2. The Morgan fingerprint density at radius 1 is 1.20 bits per heavy atom. The molecule has 262 valence electrons. The zero-order valence-electron chi connectivity index (χ0n) is 28.7. The fourth-order valence-corrected chi connectivity index (χ4v) is 9.12. The Morgan fingerprint density at radius 3 is 2.82 bits per heavy atom. The lowest BCUT2D eigenvalue weighted by Gasteiger charge is -2.42. The molecule has 0 radical (unpaired) electrons. The second-order valence-corrected chi connectivity index (χ2v) is 16.2. The van der Waals surface area contributed by atoms with Gasteiger partial charge in [-0.15, -0.1) is 4.36 Å². The Balaban J connectivity index is 1.42. The van der Waals surface area contributed by atoms with Gasteiger partial charge in [-0.2, -0.15) is 5.10 Å². The molecule has 3 heterocycles.